The first-order valence-electron chi connectivity index (χ1n) is 7.56. The van der Waals surface area contributed by atoms with Crippen LogP contribution < -0.4 is 5.73 Å². The Kier molecular flexibility index (Phi) is 2.63. The maximum atomic E-state index is 6.65. The molecule has 2 aliphatic rings. The number of benzene rings is 2. The Labute approximate surface area is 114 Å². The lowest BCUT2D eigenvalue weighted by molar-refractivity contribution is 0.285. The Bertz CT molecular complexity index is 598. The van der Waals surface area contributed by atoms with Gasteiger partial charge >= 0.3 is 0 Å². The average molecular weight is 251 g/mol. The molecule has 0 aliphatic heterocycles. The van der Waals surface area contributed by atoms with E-state index in [2.05, 4.69) is 42.5 Å². The van der Waals surface area contributed by atoms with Crippen molar-refractivity contribution in [1.29, 1.82) is 0 Å². The van der Waals surface area contributed by atoms with Gasteiger partial charge in [0.1, 0.15) is 0 Å². The van der Waals surface area contributed by atoms with Crippen LogP contribution in [0.1, 0.15) is 37.3 Å². The number of hydrogen-bond donors (Lipinski definition) is 1. The third-order valence-electron chi connectivity index (χ3n) is 5.44. The number of fused-ring (bicyclic) bond motifs is 3. The minimum absolute atomic E-state index is 0.224. The van der Waals surface area contributed by atoms with E-state index in [9.17, 15) is 0 Å². The maximum absolute atomic E-state index is 6.65. The van der Waals surface area contributed by atoms with Gasteiger partial charge in [-0.1, -0.05) is 48.9 Å². The van der Waals surface area contributed by atoms with E-state index < -0.39 is 0 Å². The molecule has 2 aromatic rings. The summed E-state index contributed by atoms with van der Waals surface area (Å²) in [7, 11) is 0. The van der Waals surface area contributed by atoms with Gasteiger partial charge in [-0.2, -0.15) is 0 Å². The summed E-state index contributed by atoms with van der Waals surface area (Å²) < 4.78 is 0. The lowest BCUT2D eigenvalue weighted by Crippen LogP contribution is -2.26. The first-order valence-corrected chi connectivity index (χ1v) is 7.56. The van der Waals surface area contributed by atoms with Gasteiger partial charge in [0, 0.05) is 6.04 Å². The maximum Gasteiger partial charge on any atom is 0.0332 e. The molecule has 0 saturated heterocycles. The van der Waals surface area contributed by atoms with Gasteiger partial charge in [0.05, 0.1) is 0 Å². The summed E-state index contributed by atoms with van der Waals surface area (Å²) in [6, 6.07) is 15.4. The monoisotopic (exact) mass is 251 g/mol. The Hall–Kier alpha value is -1.34. The SMILES string of the molecule is NC(c1cccc2ccccc12)C1CC2CCC1C2. The summed E-state index contributed by atoms with van der Waals surface area (Å²) in [6.07, 6.45) is 5.65. The molecule has 2 aromatic carbocycles. The second kappa shape index (κ2) is 4.35. The highest BCUT2D eigenvalue weighted by atomic mass is 14.7. The lowest BCUT2D eigenvalue weighted by atomic mass is 9.80. The molecule has 2 saturated carbocycles. The third kappa shape index (κ3) is 1.80. The Morgan fingerprint density at radius 2 is 1.79 bits per heavy atom. The molecule has 1 nitrogen and oxygen atoms in total. The molecule has 2 fully saturated rings. The quantitative estimate of drug-likeness (QED) is 0.847. The van der Waals surface area contributed by atoms with Crippen molar-refractivity contribution in [3.8, 4) is 0 Å². The fourth-order valence-electron chi connectivity index (χ4n) is 4.51. The first-order chi connectivity index (χ1) is 9.33. The van der Waals surface area contributed by atoms with Crippen molar-refractivity contribution in [2.24, 2.45) is 23.5 Å². The van der Waals surface area contributed by atoms with Crippen LogP contribution in [-0.2, 0) is 0 Å². The minimum atomic E-state index is 0.224. The molecule has 0 amide bonds. The zero-order chi connectivity index (χ0) is 12.8. The molecular formula is C18H21N. The Morgan fingerprint density at radius 1 is 0.947 bits per heavy atom. The van der Waals surface area contributed by atoms with Crippen molar-refractivity contribution in [2.75, 3.05) is 0 Å². The lowest BCUT2D eigenvalue weighted by Gasteiger charge is -2.28. The molecule has 0 heterocycles. The van der Waals surface area contributed by atoms with Gasteiger partial charge in [0.2, 0.25) is 0 Å². The molecule has 2 aliphatic carbocycles. The normalized spacial score (nSPS) is 30.9. The first kappa shape index (κ1) is 11.5. The molecule has 2 bridgehead atoms. The van der Waals surface area contributed by atoms with E-state index in [0.717, 1.165) is 11.8 Å². The van der Waals surface area contributed by atoms with Crippen LogP contribution in [0.4, 0.5) is 0 Å². The summed E-state index contributed by atoms with van der Waals surface area (Å²) in [5, 5.41) is 2.67. The van der Waals surface area contributed by atoms with Crippen LogP contribution in [-0.4, -0.2) is 0 Å². The molecule has 0 spiro atoms. The van der Waals surface area contributed by atoms with Gasteiger partial charge in [0.25, 0.3) is 0 Å². The highest BCUT2D eigenvalue weighted by Crippen LogP contribution is 2.52. The van der Waals surface area contributed by atoms with E-state index >= 15 is 0 Å². The van der Waals surface area contributed by atoms with Crippen molar-refractivity contribution in [3.63, 3.8) is 0 Å². The van der Waals surface area contributed by atoms with Crippen molar-refractivity contribution < 1.29 is 0 Å². The smallest absolute Gasteiger partial charge is 0.0332 e. The van der Waals surface area contributed by atoms with Gasteiger partial charge in [-0.15, -0.1) is 0 Å². The zero-order valence-corrected chi connectivity index (χ0v) is 11.3. The van der Waals surface area contributed by atoms with Crippen molar-refractivity contribution in [2.45, 2.75) is 31.7 Å². The molecule has 98 valence electrons. The molecule has 4 unspecified atom stereocenters. The van der Waals surface area contributed by atoms with Gasteiger partial charge in [-0.05, 0) is 53.4 Å². The fourth-order valence-corrected chi connectivity index (χ4v) is 4.51. The van der Waals surface area contributed by atoms with E-state index in [4.69, 9.17) is 5.73 Å². The Morgan fingerprint density at radius 3 is 2.58 bits per heavy atom. The molecule has 1 heteroatoms. The fraction of sp³-hybridized carbons (Fsp3) is 0.444. The highest BCUT2D eigenvalue weighted by Gasteiger charge is 2.42. The molecule has 0 aromatic heterocycles. The molecule has 4 atom stereocenters. The molecule has 4 rings (SSSR count). The highest BCUT2D eigenvalue weighted by molar-refractivity contribution is 5.86. The molecule has 19 heavy (non-hydrogen) atoms. The molecule has 0 radical (unpaired) electrons. The largest absolute Gasteiger partial charge is 0.324 e. The summed E-state index contributed by atoms with van der Waals surface area (Å²) in [5.41, 5.74) is 8.01. The van der Waals surface area contributed by atoms with Gasteiger partial charge in [-0.25, -0.2) is 0 Å². The second-order valence-electron chi connectivity index (χ2n) is 6.43. The summed E-state index contributed by atoms with van der Waals surface area (Å²) in [6.45, 7) is 0. The molecular weight excluding hydrogens is 230 g/mol. The topological polar surface area (TPSA) is 26.0 Å². The summed E-state index contributed by atoms with van der Waals surface area (Å²) in [5.74, 6) is 2.57. The van der Waals surface area contributed by atoms with Gasteiger partial charge in [0.15, 0.2) is 0 Å². The predicted molar refractivity (Wildman–Crippen MR) is 79.8 cm³/mol. The van der Waals surface area contributed by atoms with Crippen LogP contribution >= 0.6 is 0 Å². The standard InChI is InChI=1S/C18H21N/c19-18(17-11-12-8-9-14(17)10-12)16-7-3-5-13-4-1-2-6-15(13)16/h1-7,12,14,17-18H,8-11,19H2. The van der Waals surface area contributed by atoms with Crippen molar-refractivity contribution >= 4 is 10.8 Å². The number of rotatable bonds is 2. The number of hydrogen-bond acceptors (Lipinski definition) is 1. The zero-order valence-electron chi connectivity index (χ0n) is 11.3. The van der Waals surface area contributed by atoms with E-state index in [1.165, 1.54) is 42.0 Å². The third-order valence-corrected chi connectivity index (χ3v) is 5.44. The van der Waals surface area contributed by atoms with Crippen LogP contribution in [0.5, 0.6) is 0 Å². The van der Waals surface area contributed by atoms with Crippen molar-refractivity contribution in [3.05, 3.63) is 48.0 Å². The van der Waals surface area contributed by atoms with Gasteiger partial charge in [-0.3, -0.25) is 0 Å². The summed E-state index contributed by atoms with van der Waals surface area (Å²) >= 11 is 0. The van der Waals surface area contributed by atoms with Crippen LogP contribution in [0.3, 0.4) is 0 Å². The van der Waals surface area contributed by atoms with Gasteiger partial charge < -0.3 is 5.73 Å². The van der Waals surface area contributed by atoms with Crippen LogP contribution in [0.15, 0.2) is 42.5 Å². The summed E-state index contributed by atoms with van der Waals surface area (Å²) in [4.78, 5) is 0. The van der Waals surface area contributed by atoms with Crippen LogP contribution in [0, 0.1) is 17.8 Å². The van der Waals surface area contributed by atoms with Crippen LogP contribution in [0.25, 0.3) is 10.8 Å². The molecule has 2 N–H and O–H groups in total. The minimum Gasteiger partial charge on any atom is -0.324 e. The second-order valence-corrected chi connectivity index (χ2v) is 6.43. The van der Waals surface area contributed by atoms with E-state index in [0.29, 0.717) is 5.92 Å². The van der Waals surface area contributed by atoms with Crippen molar-refractivity contribution in [1.82, 2.24) is 0 Å². The van der Waals surface area contributed by atoms with E-state index in [1.54, 1.807) is 0 Å². The van der Waals surface area contributed by atoms with E-state index in [1.807, 2.05) is 0 Å². The predicted octanol–water partition coefficient (Wildman–Crippen LogP) is 4.28. The average Bonchev–Trinajstić information content (AvgIpc) is 3.08. The Balaban J connectivity index is 1.74. The van der Waals surface area contributed by atoms with Crippen LogP contribution in [0.2, 0.25) is 0 Å². The number of nitrogens with two attached hydrogens (primary N) is 1. The van der Waals surface area contributed by atoms with E-state index in [-0.39, 0.29) is 6.04 Å².